The summed E-state index contributed by atoms with van der Waals surface area (Å²) in [6.07, 6.45) is 1.75. The maximum Gasteiger partial charge on any atom is 0.258 e. The Hall–Kier alpha value is -2.21. The third kappa shape index (κ3) is 3.74. The Bertz CT molecular complexity index is 843. The molecule has 0 N–H and O–H groups in total. The van der Waals surface area contributed by atoms with E-state index in [1.54, 1.807) is 16.7 Å². The predicted octanol–water partition coefficient (Wildman–Crippen LogP) is 1.69. The molecule has 1 fully saturated rings. The van der Waals surface area contributed by atoms with E-state index in [1.807, 2.05) is 44.7 Å². The maximum atomic E-state index is 12.4. The molecule has 25 heavy (non-hydrogen) atoms. The van der Waals surface area contributed by atoms with Crippen LogP contribution in [0.2, 0.25) is 0 Å². The lowest BCUT2D eigenvalue weighted by molar-refractivity contribution is -0.141. The van der Waals surface area contributed by atoms with Crippen molar-refractivity contribution >= 4 is 11.6 Å². The van der Waals surface area contributed by atoms with Crippen LogP contribution < -0.4 is 5.56 Å². The zero-order valence-electron chi connectivity index (χ0n) is 15.5. The average molecular weight is 342 g/mol. The van der Waals surface area contributed by atoms with Gasteiger partial charge in [0.25, 0.3) is 5.56 Å². The van der Waals surface area contributed by atoms with Crippen molar-refractivity contribution in [1.29, 1.82) is 0 Å². The fourth-order valence-corrected chi connectivity index (χ4v) is 3.20. The van der Waals surface area contributed by atoms with Crippen molar-refractivity contribution in [2.75, 3.05) is 26.2 Å². The number of fused-ring (bicyclic) bond motifs is 1. The highest BCUT2D eigenvalue weighted by atomic mass is 16.2. The third-order valence-corrected chi connectivity index (χ3v) is 4.63. The zero-order valence-corrected chi connectivity index (χ0v) is 15.5. The smallest absolute Gasteiger partial charge is 0.258 e. The van der Waals surface area contributed by atoms with Gasteiger partial charge in [-0.05, 0) is 18.6 Å². The molecule has 2 aromatic rings. The molecule has 1 saturated heterocycles. The van der Waals surface area contributed by atoms with E-state index in [0.717, 1.165) is 37.4 Å². The summed E-state index contributed by atoms with van der Waals surface area (Å²) >= 11 is 0. The van der Waals surface area contributed by atoms with Crippen LogP contribution >= 0.6 is 0 Å². The van der Waals surface area contributed by atoms with Crippen molar-refractivity contribution in [3.05, 3.63) is 46.0 Å². The lowest BCUT2D eigenvalue weighted by Crippen LogP contribution is -2.51. The molecule has 0 atom stereocenters. The summed E-state index contributed by atoms with van der Waals surface area (Å²) < 4.78 is 1.58. The zero-order chi connectivity index (χ0) is 18.2. The molecule has 1 amide bonds. The van der Waals surface area contributed by atoms with Crippen LogP contribution in [0.15, 0.2) is 29.2 Å². The largest absolute Gasteiger partial charge is 0.340 e. The topological polar surface area (TPSA) is 57.9 Å². The Morgan fingerprint density at radius 3 is 2.52 bits per heavy atom. The first-order valence-electron chi connectivity index (χ1n) is 8.75. The summed E-state index contributed by atoms with van der Waals surface area (Å²) in [4.78, 5) is 33.5. The molecule has 6 heteroatoms. The summed E-state index contributed by atoms with van der Waals surface area (Å²) in [6, 6.07) is 5.43. The molecule has 3 rings (SSSR count). The first kappa shape index (κ1) is 17.6. The van der Waals surface area contributed by atoms with Gasteiger partial charge in [-0.15, -0.1) is 0 Å². The van der Waals surface area contributed by atoms with Crippen LogP contribution in [0.1, 0.15) is 32.0 Å². The highest BCUT2D eigenvalue weighted by molar-refractivity contribution is 5.81. The third-order valence-electron chi connectivity index (χ3n) is 4.63. The van der Waals surface area contributed by atoms with Gasteiger partial charge in [0.05, 0.1) is 5.69 Å². The quantitative estimate of drug-likeness (QED) is 0.833. The van der Waals surface area contributed by atoms with Crippen molar-refractivity contribution < 1.29 is 4.79 Å². The van der Waals surface area contributed by atoms with E-state index in [-0.39, 0.29) is 16.9 Å². The number of aromatic nitrogens is 2. The van der Waals surface area contributed by atoms with Crippen LogP contribution in [-0.2, 0) is 11.3 Å². The van der Waals surface area contributed by atoms with Gasteiger partial charge < -0.3 is 4.90 Å². The molecular formula is C19H26N4O2. The van der Waals surface area contributed by atoms with E-state index in [1.165, 1.54) is 0 Å². The second-order valence-corrected chi connectivity index (χ2v) is 7.79. The van der Waals surface area contributed by atoms with Crippen LogP contribution in [-0.4, -0.2) is 51.3 Å². The number of hydrogen-bond donors (Lipinski definition) is 0. The minimum absolute atomic E-state index is 0.0507. The van der Waals surface area contributed by atoms with Gasteiger partial charge in [-0.25, -0.2) is 4.98 Å². The summed E-state index contributed by atoms with van der Waals surface area (Å²) in [5, 5.41) is 0. The van der Waals surface area contributed by atoms with Crippen LogP contribution in [0.5, 0.6) is 0 Å². The molecule has 0 aliphatic carbocycles. The molecule has 0 radical (unpaired) electrons. The summed E-state index contributed by atoms with van der Waals surface area (Å²) in [5.41, 5.74) is 2.10. The van der Waals surface area contributed by atoms with Crippen LogP contribution in [0, 0.1) is 12.3 Å². The van der Waals surface area contributed by atoms with Crippen LogP contribution in [0.4, 0.5) is 0 Å². The Balaban J connectivity index is 1.71. The van der Waals surface area contributed by atoms with Crippen LogP contribution in [0.25, 0.3) is 5.65 Å². The van der Waals surface area contributed by atoms with Gasteiger partial charge >= 0.3 is 0 Å². The number of aryl methyl sites for hydroxylation is 1. The van der Waals surface area contributed by atoms with E-state index < -0.39 is 0 Å². The van der Waals surface area contributed by atoms with Gasteiger partial charge in [-0.2, -0.15) is 0 Å². The van der Waals surface area contributed by atoms with Crippen molar-refractivity contribution in [3.63, 3.8) is 0 Å². The number of hydrogen-bond acceptors (Lipinski definition) is 4. The highest BCUT2D eigenvalue weighted by Crippen LogP contribution is 2.19. The van der Waals surface area contributed by atoms with E-state index in [0.29, 0.717) is 12.2 Å². The minimum Gasteiger partial charge on any atom is -0.340 e. The van der Waals surface area contributed by atoms with Crippen molar-refractivity contribution in [2.24, 2.45) is 5.41 Å². The molecule has 1 aliphatic rings. The second-order valence-electron chi connectivity index (χ2n) is 7.79. The Morgan fingerprint density at radius 1 is 1.20 bits per heavy atom. The Morgan fingerprint density at radius 2 is 1.88 bits per heavy atom. The predicted molar refractivity (Wildman–Crippen MR) is 97.5 cm³/mol. The van der Waals surface area contributed by atoms with Gasteiger partial charge in [0.1, 0.15) is 5.65 Å². The lowest BCUT2D eigenvalue weighted by atomic mass is 9.94. The van der Waals surface area contributed by atoms with Gasteiger partial charge in [-0.3, -0.25) is 18.9 Å². The van der Waals surface area contributed by atoms with E-state index in [4.69, 9.17) is 0 Å². The SMILES string of the molecule is Cc1cccn2c(=O)cc(CN3CCN(C(=O)C(C)(C)C)CC3)nc12. The lowest BCUT2D eigenvalue weighted by Gasteiger charge is -2.37. The maximum absolute atomic E-state index is 12.4. The average Bonchev–Trinajstić information content (AvgIpc) is 2.55. The number of amides is 1. The molecular weight excluding hydrogens is 316 g/mol. The molecule has 0 unspecified atom stereocenters. The molecule has 134 valence electrons. The van der Waals surface area contributed by atoms with E-state index in [2.05, 4.69) is 9.88 Å². The number of carbonyl (C=O) groups excluding carboxylic acids is 1. The summed E-state index contributed by atoms with van der Waals surface area (Å²) in [5.74, 6) is 0.199. The monoisotopic (exact) mass is 342 g/mol. The highest BCUT2D eigenvalue weighted by Gasteiger charge is 2.29. The van der Waals surface area contributed by atoms with Gasteiger partial charge in [0, 0.05) is 50.4 Å². The van der Waals surface area contributed by atoms with Crippen LogP contribution in [0.3, 0.4) is 0 Å². The van der Waals surface area contributed by atoms with Crippen molar-refractivity contribution in [3.8, 4) is 0 Å². The molecule has 0 spiro atoms. The minimum atomic E-state index is -0.339. The summed E-state index contributed by atoms with van der Waals surface area (Å²) in [7, 11) is 0. The number of carbonyl (C=O) groups is 1. The van der Waals surface area contributed by atoms with E-state index >= 15 is 0 Å². The standard InChI is InChI=1S/C19H26N4O2/c1-14-6-5-7-23-16(24)12-15(20-17(14)23)13-21-8-10-22(11-9-21)18(25)19(2,3)4/h5-7,12H,8-11,13H2,1-4H3. The Kier molecular flexibility index (Phi) is 4.64. The molecule has 1 aliphatic heterocycles. The number of nitrogens with zero attached hydrogens (tertiary/aromatic N) is 4. The molecule has 0 saturated carbocycles. The molecule has 6 nitrogen and oxygen atoms in total. The molecule has 0 bridgehead atoms. The molecule has 0 aromatic carbocycles. The van der Waals surface area contributed by atoms with Gasteiger partial charge in [-0.1, -0.05) is 26.8 Å². The van der Waals surface area contributed by atoms with Gasteiger partial charge in [0.15, 0.2) is 0 Å². The number of pyridine rings is 1. The number of rotatable bonds is 2. The fraction of sp³-hybridized carbons (Fsp3) is 0.526. The number of piperazine rings is 1. The first-order valence-corrected chi connectivity index (χ1v) is 8.75. The van der Waals surface area contributed by atoms with Gasteiger partial charge in [0.2, 0.25) is 5.91 Å². The Labute approximate surface area is 148 Å². The fourth-order valence-electron chi connectivity index (χ4n) is 3.20. The second kappa shape index (κ2) is 6.59. The normalized spacial score (nSPS) is 16.4. The molecule has 3 heterocycles. The summed E-state index contributed by atoms with van der Waals surface area (Å²) in [6.45, 7) is 11.5. The van der Waals surface area contributed by atoms with E-state index in [9.17, 15) is 9.59 Å². The van der Waals surface area contributed by atoms with Crippen molar-refractivity contribution in [2.45, 2.75) is 34.2 Å². The molecule has 2 aromatic heterocycles. The first-order chi connectivity index (χ1) is 11.8. The van der Waals surface area contributed by atoms with Crippen molar-refractivity contribution in [1.82, 2.24) is 19.2 Å².